The molecule has 100 valence electrons. The molecule has 6 heteroatoms. The largest absolute Gasteiger partial charge is 0.497 e. The molecule has 19 heavy (non-hydrogen) atoms. The Morgan fingerprint density at radius 1 is 1.37 bits per heavy atom. The van der Waals surface area contributed by atoms with Crippen molar-refractivity contribution in [2.45, 2.75) is 6.61 Å². The SMILES string of the molecule is COc1cc(OCc2sccc2Br)cc(C(N)=S)c1. The summed E-state index contributed by atoms with van der Waals surface area (Å²) in [5.41, 5.74) is 6.37. The fraction of sp³-hybridized carbons (Fsp3) is 0.154. The van der Waals surface area contributed by atoms with Crippen LogP contribution >= 0.6 is 39.5 Å². The number of thiocarbonyl (C=S) groups is 1. The van der Waals surface area contributed by atoms with E-state index in [0.29, 0.717) is 23.1 Å². The molecule has 2 N–H and O–H groups in total. The van der Waals surface area contributed by atoms with Crippen LogP contribution in [0.3, 0.4) is 0 Å². The Morgan fingerprint density at radius 2 is 2.11 bits per heavy atom. The van der Waals surface area contributed by atoms with Crippen LogP contribution in [0, 0.1) is 0 Å². The standard InChI is InChI=1S/C13H12BrNO2S2/c1-16-9-4-8(13(15)18)5-10(6-9)17-7-12-11(14)2-3-19-12/h2-6H,7H2,1H3,(H2,15,18). The van der Waals surface area contributed by atoms with Crippen molar-refractivity contribution in [1.29, 1.82) is 0 Å². The second-order valence-corrected chi connectivity index (χ2v) is 6.04. The van der Waals surface area contributed by atoms with Crippen molar-refractivity contribution in [3.05, 3.63) is 44.6 Å². The van der Waals surface area contributed by atoms with E-state index >= 15 is 0 Å². The first kappa shape index (κ1) is 14.3. The van der Waals surface area contributed by atoms with Crippen molar-refractivity contribution >= 4 is 44.5 Å². The lowest BCUT2D eigenvalue weighted by molar-refractivity contribution is 0.306. The zero-order valence-electron chi connectivity index (χ0n) is 10.2. The fourth-order valence-electron chi connectivity index (χ4n) is 1.49. The number of methoxy groups -OCH3 is 1. The number of nitrogens with two attached hydrogens (primary N) is 1. The molecule has 3 nitrogen and oxygen atoms in total. The number of rotatable bonds is 5. The Morgan fingerprint density at radius 3 is 2.68 bits per heavy atom. The van der Waals surface area contributed by atoms with E-state index in [0.717, 1.165) is 14.9 Å². The van der Waals surface area contributed by atoms with E-state index in [1.807, 2.05) is 23.6 Å². The fourth-order valence-corrected chi connectivity index (χ4v) is 2.99. The van der Waals surface area contributed by atoms with Gasteiger partial charge in [-0.25, -0.2) is 0 Å². The van der Waals surface area contributed by atoms with Gasteiger partial charge in [-0.05, 0) is 39.5 Å². The Bertz CT molecular complexity index is 598. The molecule has 0 aliphatic heterocycles. The van der Waals surface area contributed by atoms with E-state index in [4.69, 9.17) is 27.4 Å². The molecule has 0 fully saturated rings. The van der Waals surface area contributed by atoms with Gasteiger partial charge in [-0.2, -0.15) is 0 Å². The summed E-state index contributed by atoms with van der Waals surface area (Å²) in [6, 6.07) is 7.40. The van der Waals surface area contributed by atoms with Crippen molar-refractivity contribution < 1.29 is 9.47 Å². The third kappa shape index (κ3) is 3.68. The van der Waals surface area contributed by atoms with Crippen LogP contribution in [-0.2, 0) is 6.61 Å². The molecule has 2 rings (SSSR count). The summed E-state index contributed by atoms with van der Waals surface area (Å²) in [7, 11) is 1.60. The number of hydrogen-bond donors (Lipinski definition) is 1. The molecule has 0 bridgehead atoms. The second kappa shape index (κ2) is 6.36. The molecule has 1 aromatic carbocycles. The van der Waals surface area contributed by atoms with E-state index in [2.05, 4.69) is 15.9 Å². The molecule has 0 spiro atoms. The van der Waals surface area contributed by atoms with E-state index in [9.17, 15) is 0 Å². The van der Waals surface area contributed by atoms with Crippen LogP contribution in [0.4, 0.5) is 0 Å². The van der Waals surface area contributed by atoms with Crippen LogP contribution in [0.15, 0.2) is 34.1 Å². The van der Waals surface area contributed by atoms with Gasteiger partial charge in [0.25, 0.3) is 0 Å². The molecule has 0 aliphatic rings. The predicted octanol–water partition coefficient (Wildman–Crippen LogP) is 3.73. The molecule has 1 aromatic heterocycles. The van der Waals surface area contributed by atoms with E-state index < -0.39 is 0 Å². The van der Waals surface area contributed by atoms with Crippen LogP contribution in [-0.4, -0.2) is 12.1 Å². The summed E-state index contributed by atoms with van der Waals surface area (Å²) >= 11 is 10.1. The number of thiophene rings is 1. The molecule has 0 saturated heterocycles. The molecule has 0 radical (unpaired) electrons. The lowest BCUT2D eigenvalue weighted by atomic mass is 10.2. The van der Waals surface area contributed by atoms with Gasteiger partial charge in [-0.3, -0.25) is 0 Å². The highest BCUT2D eigenvalue weighted by Crippen LogP contribution is 2.27. The molecule has 0 amide bonds. The lowest BCUT2D eigenvalue weighted by Gasteiger charge is -2.10. The highest BCUT2D eigenvalue weighted by atomic mass is 79.9. The maximum Gasteiger partial charge on any atom is 0.124 e. The van der Waals surface area contributed by atoms with Crippen LogP contribution in [0.5, 0.6) is 11.5 Å². The van der Waals surface area contributed by atoms with Gasteiger partial charge >= 0.3 is 0 Å². The topological polar surface area (TPSA) is 44.5 Å². The third-order valence-electron chi connectivity index (χ3n) is 2.46. The maximum atomic E-state index is 5.75. The summed E-state index contributed by atoms with van der Waals surface area (Å²) in [4.78, 5) is 1.45. The molecule has 1 heterocycles. The highest BCUT2D eigenvalue weighted by molar-refractivity contribution is 9.10. The molecule has 0 unspecified atom stereocenters. The average molecular weight is 358 g/mol. The highest BCUT2D eigenvalue weighted by Gasteiger charge is 2.07. The number of hydrogen-bond acceptors (Lipinski definition) is 4. The van der Waals surface area contributed by atoms with E-state index in [1.165, 1.54) is 0 Å². The number of benzene rings is 1. The number of halogens is 1. The van der Waals surface area contributed by atoms with Gasteiger partial charge < -0.3 is 15.2 Å². The summed E-state index contributed by atoms with van der Waals surface area (Å²) in [6.07, 6.45) is 0. The summed E-state index contributed by atoms with van der Waals surface area (Å²) < 4.78 is 12.0. The second-order valence-electron chi connectivity index (χ2n) is 3.74. The lowest BCUT2D eigenvalue weighted by Crippen LogP contribution is -2.09. The van der Waals surface area contributed by atoms with Crippen LogP contribution in [0.1, 0.15) is 10.4 Å². The molecule has 0 atom stereocenters. The zero-order chi connectivity index (χ0) is 13.8. The molecule has 0 saturated carbocycles. The molecular weight excluding hydrogens is 346 g/mol. The van der Waals surface area contributed by atoms with Crippen molar-refractivity contribution in [3.63, 3.8) is 0 Å². The van der Waals surface area contributed by atoms with Crippen LogP contribution in [0.25, 0.3) is 0 Å². The summed E-state index contributed by atoms with van der Waals surface area (Å²) in [6.45, 7) is 0.488. The van der Waals surface area contributed by atoms with Crippen molar-refractivity contribution in [3.8, 4) is 11.5 Å². The first-order valence-corrected chi connectivity index (χ1v) is 7.52. The minimum Gasteiger partial charge on any atom is -0.497 e. The first-order valence-electron chi connectivity index (χ1n) is 5.43. The maximum absolute atomic E-state index is 5.75. The van der Waals surface area contributed by atoms with Crippen LogP contribution < -0.4 is 15.2 Å². The third-order valence-corrected chi connectivity index (χ3v) is 4.60. The Labute approximate surface area is 129 Å². The number of ether oxygens (including phenoxy) is 2. The normalized spacial score (nSPS) is 10.2. The van der Waals surface area contributed by atoms with Crippen molar-refractivity contribution in [1.82, 2.24) is 0 Å². The Hall–Kier alpha value is -1.11. The first-order chi connectivity index (χ1) is 9.10. The molecule has 0 aliphatic carbocycles. The summed E-state index contributed by atoms with van der Waals surface area (Å²) in [5, 5.41) is 2.01. The monoisotopic (exact) mass is 357 g/mol. The summed E-state index contributed by atoms with van der Waals surface area (Å²) in [5.74, 6) is 1.35. The van der Waals surface area contributed by atoms with Gasteiger partial charge in [0.15, 0.2) is 0 Å². The minimum atomic E-state index is 0.320. The van der Waals surface area contributed by atoms with Gasteiger partial charge in [0.2, 0.25) is 0 Å². The van der Waals surface area contributed by atoms with Crippen LogP contribution in [0.2, 0.25) is 0 Å². The van der Waals surface area contributed by atoms with Gasteiger partial charge in [0.1, 0.15) is 23.1 Å². The molecule has 2 aromatic rings. The predicted molar refractivity (Wildman–Crippen MR) is 85.2 cm³/mol. The van der Waals surface area contributed by atoms with Crippen molar-refractivity contribution in [2.75, 3.05) is 7.11 Å². The smallest absolute Gasteiger partial charge is 0.124 e. The average Bonchev–Trinajstić information content (AvgIpc) is 2.81. The van der Waals surface area contributed by atoms with E-state index in [1.54, 1.807) is 24.5 Å². The van der Waals surface area contributed by atoms with E-state index in [-0.39, 0.29) is 0 Å². The minimum absolute atomic E-state index is 0.320. The quantitative estimate of drug-likeness (QED) is 0.828. The van der Waals surface area contributed by atoms with Gasteiger partial charge in [0, 0.05) is 16.1 Å². The van der Waals surface area contributed by atoms with Gasteiger partial charge in [0.05, 0.1) is 12.0 Å². The van der Waals surface area contributed by atoms with Crippen molar-refractivity contribution in [2.24, 2.45) is 5.73 Å². The Kier molecular flexibility index (Phi) is 4.79. The zero-order valence-corrected chi connectivity index (χ0v) is 13.4. The van der Waals surface area contributed by atoms with Gasteiger partial charge in [-0.15, -0.1) is 11.3 Å². The Balaban J connectivity index is 2.17. The molecular formula is C13H12BrNO2S2. The van der Waals surface area contributed by atoms with Gasteiger partial charge in [-0.1, -0.05) is 12.2 Å².